The van der Waals surface area contributed by atoms with Crippen LogP contribution in [0.25, 0.3) is 11.3 Å². The van der Waals surface area contributed by atoms with Gasteiger partial charge in [0.15, 0.2) is 0 Å². The number of carbonyl (C=O) groups excluding carboxylic acids is 1. The van der Waals surface area contributed by atoms with Crippen LogP contribution in [0.2, 0.25) is 0 Å². The summed E-state index contributed by atoms with van der Waals surface area (Å²) in [6, 6.07) is 10.4. The number of rotatable bonds is 4. The van der Waals surface area contributed by atoms with Crippen molar-refractivity contribution in [2.45, 2.75) is 45.1 Å². The summed E-state index contributed by atoms with van der Waals surface area (Å²) in [4.78, 5) is 10.6. The van der Waals surface area contributed by atoms with Gasteiger partial charge >= 0.3 is 0 Å². The molecule has 0 N–H and O–H groups in total. The van der Waals surface area contributed by atoms with E-state index in [2.05, 4.69) is 28.9 Å². The Hall–Kier alpha value is -1.90. The molecule has 3 heteroatoms. The number of aromatic nitrogens is 2. The number of fused-ring (bicyclic) bond motifs is 1. The van der Waals surface area contributed by atoms with Crippen molar-refractivity contribution in [1.29, 1.82) is 0 Å². The largest absolute Gasteiger partial charge is 0.303 e. The molecule has 0 amide bonds. The average molecular weight is 268 g/mol. The van der Waals surface area contributed by atoms with Gasteiger partial charge in [0.05, 0.1) is 5.69 Å². The zero-order valence-electron chi connectivity index (χ0n) is 11.7. The maximum atomic E-state index is 10.6. The number of hydrogen-bond donors (Lipinski definition) is 0. The molecular weight excluding hydrogens is 248 g/mol. The standard InChI is InChI=1S/C17H20N2O/c20-13-7-12-19-16-11-6-2-5-10-15(16)17(18-19)14-8-3-1-4-9-14/h1,3-4,8-9,13H,2,5-7,10-12H2. The second-order valence-corrected chi connectivity index (χ2v) is 5.38. The van der Waals surface area contributed by atoms with Crippen LogP contribution < -0.4 is 0 Å². The molecule has 1 heterocycles. The van der Waals surface area contributed by atoms with Gasteiger partial charge < -0.3 is 4.79 Å². The van der Waals surface area contributed by atoms with Crippen LogP contribution in [0, 0.1) is 0 Å². The Morgan fingerprint density at radius 1 is 1.10 bits per heavy atom. The number of carbonyl (C=O) groups is 1. The highest BCUT2D eigenvalue weighted by Crippen LogP contribution is 2.30. The van der Waals surface area contributed by atoms with Gasteiger partial charge in [-0.1, -0.05) is 36.8 Å². The van der Waals surface area contributed by atoms with E-state index in [1.165, 1.54) is 36.1 Å². The number of aldehydes is 1. The lowest BCUT2D eigenvalue weighted by Gasteiger charge is -2.04. The molecule has 0 atom stereocenters. The highest BCUT2D eigenvalue weighted by atomic mass is 16.1. The van der Waals surface area contributed by atoms with E-state index in [1.807, 2.05) is 6.07 Å². The van der Waals surface area contributed by atoms with Gasteiger partial charge in [-0.25, -0.2) is 0 Å². The maximum Gasteiger partial charge on any atom is 0.121 e. The summed E-state index contributed by atoms with van der Waals surface area (Å²) < 4.78 is 2.07. The number of hydrogen-bond acceptors (Lipinski definition) is 2. The highest BCUT2D eigenvalue weighted by Gasteiger charge is 2.20. The molecule has 0 bridgehead atoms. The van der Waals surface area contributed by atoms with Crippen LogP contribution in [0.15, 0.2) is 30.3 Å². The van der Waals surface area contributed by atoms with Gasteiger partial charge in [0.2, 0.25) is 0 Å². The lowest BCUT2D eigenvalue weighted by molar-refractivity contribution is -0.108. The van der Waals surface area contributed by atoms with E-state index in [4.69, 9.17) is 5.10 Å². The Morgan fingerprint density at radius 3 is 2.70 bits per heavy atom. The zero-order valence-corrected chi connectivity index (χ0v) is 11.7. The summed E-state index contributed by atoms with van der Waals surface area (Å²) in [5.74, 6) is 0. The van der Waals surface area contributed by atoms with E-state index in [-0.39, 0.29) is 0 Å². The first-order valence-electron chi connectivity index (χ1n) is 7.48. The van der Waals surface area contributed by atoms with E-state index in [0.717, 1.165) is 24.8 Å². The minimum absolute atomic E-state index is 0.544. The number of nitrogens with zero attached hydrogens (tertiary/aromatic N) is 2. The third kappa shape index (κ3) is 2.53. The molecule has 0 spiro atoms. The molecule has 0 unspecified atom stereocenters. The monoisotopic (exact) mass is 268 g/mol. The molecule has 20 heavy (non-hydrogen) atoms. The van der Waals surface area contributed by atoms with Crippen LogP contribution in [-0.4, -0.2) is 16.1 Å². The van der Waals surface area contributed by atoms with E-state index >= 15 is 0 Å². The first kappa shape index (κ1) is 13.1. The molecule has 1 aromatic carbocycles. The Kier molecular flexibility index (Phi) is 3.95. The molecule has 1 aliphatic rings. The van der Waals surface area contributed by atoms with Crippen LogP contribution in [0.3, 0.4) is 0 Å². The molecule has 1 aliphatic carbocycles. The fourth-order valence-corrected chi connectivity index (χ4v) is 3.04. The minimum atomic E-state index is 0.544. The maximum absolute atomic E-state index is 10.6. The third-order valence-electron chi connectivity index (χ3n) is 4.01. The molecule has 2 aromatic rings. The molecular formula is C17H20N2O. The van der Waals surface area contributed by atoms with Crippen LogP contribution in [0.5, 0.6) is 0 Å². The van der Waals surface area contributed by atoms with Crippen molar-refractivity contribution in [3.8, 4) is 11.3 Å². The predicted octanol–water partition coefficient (Wildman–Crippen LogP) is 3.41. The summed E-state index contributed by atoms with van der Waals surface area (Å²) in [5.41, 5.74) is 5.06. The van der Waals surface area contributed by atoms with Crippen LogP contribution in [0.1, 0.15) is 36.9 Å². The van der Waals surface area contributed by atoms with E-state index < -0.39 is 0 Å². The quantitative estimate of drug-likeness (QED) is 0.629. The van der Waals surface area contributed by atoms with Gasteiger partial charge in [0.25, 0.3) is 0 Å². The summed E-state index contributed by atoms with van der Waals surface area (Å²) in [5, 5.41) is 4.80. The Morgan fingerprint density at radius 2 is 1.90 bits per heavy atom. The van der Waals surface area contributed by atoms with Gasteiger partial charge in [-0.15, -0.1) is 0 Å². The van der Waals surface area contributed by atoms with Crippen molar-refractivity contribution in [3.63, 3.8) is 0 Å². The van der Waals surface area contributed by atoms with Crippen LogP contribution in [-0.2, 0) is 24.2 Å². The minimum Gasteiger partial charge on any atom is -0.303 e. The van der Waals surface area contributed by atoms with Crippen molar-refractivity contribution < 1.29 is 4.79 Å². The molecule has 0 aliphatic heterocycles. The average Bonchev–Trinajstić information content (AvgIpc) is 2.68. The van der Waals surface area contributed by atoms with Crippen molar-refractivity contribution in [1.82, 2.24) is 9.78 Å². The fourth-order valence-electron chi connectivity index (χ4n) is 3.04. The molecule has 3 rings (SSSR count). The highest BCUT2D eigenvalue weighted by molar-refractivity contribution is 5.64. The van der Waals surface area contributed by atoms with Gasteiger partial charge in [-0.2, -0.15) is 5.10 Å². The van der Waals surface area contributed by atoms with Gasteiger partial charge in [0, 0.05) is 29.8 Å². The Labute approximate surface area is 119 Å². The van der Waals surface area contributed by atoms with Gasteiger partial charge in [-0.3, -0.25) is 4.68 Å². The number of aryl methyl sites for hydroxylation is 1. The molecule has 0 fully saturated rings. The lowest BCUT2D eigenvalue weighted by atomic mass is 10.0. The lowest BCUT2D eigenvalue weighted by Crippen LogP contribution is -2.06. The van der Waals surface area contributed by atoms with Crippen LogP contribution in [0.4, 0.5) is 0 Å². The van der Waals surface area contributed by atoms with Crippen molar-refractivity contribution in [2.24, 2.45) is 0 Å². The molecule has 0 saturated carbocycles. The SMILES string of the molecule is O=CCCn1nc(-c2ccccc2)c2c1CCCCC2. The Balaban J connectivity index is 2.05. The van der Waals surface area contributed by atoms with Crippen molar-refractivity contribution >= 4 is 6.29 Å². The zero-order chi connectivity index (χ0) is 13.8. The second-order valence-electron chi connectivity index (χ2n) is 5.38. The van der Waals surface area contributed by atoms with E-state index in [9.17, 15) is 4.79 Å². The first-order valence-corrected chi connectivity index (χ1v) is 7.48. The molecule has 104 valence electrons. The predicted molar refractivity (Wildman–Crippen MR) is 79.6 cm³/mol. The smallest absolute Gasteiger partial charge is 0.121 e. The van der Waals surface area contributed by atoms with Crippen LogP contribution >= 0.6 is 0 Å². The summed E-state index contributed by atoms with van der Waals surface area (Å²) in [6.45, 7) is 0.707. The van der Waals surface area contributed by atoms with E-state index in [1.54, 1.807) is 0 Å². The third-order valence-corrected chi connectivity index (χ3v) is 4.01. The normalized spacial score (nSPS) is 14.6. The molecule has 0 radical (unpaired) electrons. The molecule has 1 aromatic heterocycles. The molecule has 0 saturated heterocycles. The Bertz CT molecular complexity index is 587. The van der Waals surface area contributed by atoms with Crippen molar-refractivity contribution in [2.75, 3.05) is 0 Å². The van der Waals surface area contributed by atoms with Crippen molar-refractivity contribution in [3.05, 3.63) is 41.6 Å². The van der Waals surface area contributed by atoms with E-state index in [0.29, 0.717) is 13.0 Å². The summed E-state index contributed by atoms with van der Waals surface area (Å²) in [6.07, 6.45) is 7.49. The van der Waals surface area contributed by atoms with Gasteiger partial charge in [0.1, 0.15) is 6.29 Å². The topological polar surface area (TPSA) is 34.9 Å². The molecule has 3 nitrogen and oxygen atoms in total. The summed E-state index contributed by atoms with van der Waals surface area (Å²) >= 11 is 0. The summed E-state index contributed by atoms with van der Waals surface area (Å²) in [7, 11) is 0. The fraction of sp³-hybridized carbons (Fsp3) is 0.412. The number of benzene rings is 1. The first-order chi connectivity index (χ1) is 9.90. The second kappa shape index (κ2) is 6.04. The van der Waals surface area contributed by atoms with Gasteiger partial charge in [-0.05, 0) is 25.7 Å².